The van der Waals surface area contributed by atoms with Crippen LogP contribution in [0.1, 0.15) is 44.1 Å². The van der Waals surface area contributed by atoms with E-state index in [-0.39, 0.29) is 16.8 Å². The highest BCUT2D eigenvalue weighted by Gasteiger charge is 2.55. The van der Waals surface area contributed by atoms with Crippen LogP contribution < -0.4 is 0 Å². The number of hydrogen-bond donors (Lipinski definition) is 1. The van der Waals surface area contributed by atoms with Gasteiger partial charge in [0.1, 0.15) is 9.84 Å². The highest BCUT2D eigenvalue weighted by molar-refractivity contribution is 7.90. The van der Waals surface area contributed by atoms with Crippen molar-refractivity contribution < 1.29 is 13.5 Å². The molecule has 0 radical (unpaired) electrons. The van der Waals surface area contributed by atoms with Gasteiger partial charge in [0.25, 0.3) is 0 Å². The molecule has 1 N–H and O–H groups in total. The Labute approximate surface area is 181 Å². The molecule has 1 atom stereocenters. The van der Waals surface area contributed by atoms with E-state index < -0.39 is 16.2 Å². The van der Waals surface area contributed by atoms with Crippen LogP contribution in [0.15, 0.2) is 30.3 Å². The molecular weight excluding hydrogens is 398 g/mol. The monoisotopic (exact) mass is 435 g/mol. The lowest BCUT2D eigenvalue weighted by molar-refractivity contribution is -0.0921. The fraction of sp³-hybridized carbons (Fsp3) is 0.739. The predicted molar refractivity (Wildman–Crippen MR) is 120 cm³/mol. The largest absolute Gasteiger partial charge is 0.365 e. The molecule has 0 aromatic heterocycles. The molecule has 0 bridgehead atoms. The molecule has 1 spiro atoms. The van der Waals surface area contributed by atoms with Crippen molar-refractivity contribution in [3.05, 3.63) is 35.9 Å². The van der Waals surface area contributed by atoms with Crippen molar-refractivity contribution in [3.8, 4) is 0 Å². The molecule has 1 aromatic rings. The normalized spacial score (nSPS) is 33.6. The molecule has 2 saturated carbocycles. The standard InChI is InChI=1S/C23H37N3O3S/c1-24(2)23(20-7-5-4-6-8-20)13-11-22(12-14-23)18-25(15-16-30(3,28)29)21(27)26(22)17-19-9-10-19/h4-8,19,21,27H,9-18H2,1-3H3/t21?,22-,23+. The van der Waals surface area contributed by atoms with Crippen molar-refractivity contribution in [2.75, 3.05) is 45.7 Å². The van der Waals surface area contributed by atoms with Crippen LogP contribution in [0.5, 0.6) is 0 Å². The Hall–Kier alpha value is -0.990. The summed E-state index contributed by atoms with van der Waals surface area (Å²) in [5.74, 6) is 0.782. The highest BCUT2D eigenvalue weighted by atomic mass is 32.2. The molecule has 1 heterocycles. The summed E-state index contributed by atoms with van der Waals surface area (Å²) in [6.07, 6.45) is 7.20. The maximum absolute atomic E-state index is 11.7. The van der Waals surface area contributed by atoms with E-state index in [1.54, 1.807) is 0 Å². The van der Waals surface area contributed by atoms with Gasteiger partial charge in [-0.2, -0.15) is 0 Å². The summed E-state index contributed by atoms with van der Waals surface area (Å²) < 4.78 is 23.4. The average Bonchev–Trinajstić information content (AvgIpc) is 3.49. The van der Waals surface area contributed by atoms with Crippen LogP contribution in [0, 0.1) is 5.92 Å². The van der Waals surface area contributed by atoms with E-state index in [2.05, 4.69) is 54.2 Å². The molecule has 168 valence electrons. The van der Waals surface area contributed by atoms with E-state index in [0.29, 0.717) is 12.5 Å². The molecule has 2 aliphatic carbocycles. The van der Waals surface area contributed by atoms with E-state index in [4.69, 9.17) is 0 Å². The Bertz CT molecular complexity index is 831. The fourth-order valence-electron chi connectivity index (χ4n) is 5.65. The van der Waals surface area contributed by atoms with Crippen LogP contribution in [0.4, 0.5) is 0 Å². The molecule has 1 aliphatic heterocycles. The van der Waals surface area contributed by atoms with Crippen LogP contribution in [0.25, 0.3) is 0 Å². The number of benzene rings is 1. The third-order valence-corrected chi connectivity index (χ3v) is 8.71. The van der Waals surface area contributed by atoms with Gasteiger partial charge in [0.2, 0.25) is 0 Å². The summed E-state index contributed by atoms with van der Waals surface area (Å²) in [5, 5.41) is 11.1. The Morgan fingerprint density at radius 1 is 1.10 bits per heavy atom. The van der Waals surface area contributed by atoms with Gasteiger partial charge in [0.15, 0.2) is 6.35 Å². The van der Waals surface area contributed by atoms with E-state index in [1.807, 2.05) is 4.90 Å². The van der Waals surface area contributed by atoms with Crippen molar-refractivity contribution >= 4 is 9.84 Å². The van der Waals surface area contributed by atoms with Gasteiger partial charge in [-0.15, -0.1) is 0 Å². The Morgan fingerprint density at radius 3 is 2.27 bits per heavy atom. The molecule has 30 heavy (non-hydrogen) atoms. The van der Waals surface area contributed by atoms with E-state index in [0.717, 1.165) is 38.8 Å². The first-order chi connectivity index (χ1) is 14.2. The number of hydrogen-bond acceptors (Lipinski definition) is 6. The first-order valence-electron chi connectivity index (χ1n) is 11.2. The van der Waals surface area contributed by atoms with Gasteiger partial charge < -0.3 is 5.11 Å². The zero-order valence-corrected chi connectivity index (χ0v) is 19.4. The molecule has 1 unspecified atom stereocenters. The second-order valence-electron chi connectivity index (χ2n) is 10.1. The van der Waals surface area contributed by atoms with Crippen molar-refractivity contribution in [2.45, 2.75) is 56.0 Å². The topological polar surface area (TPSA) is 64.1 Å². The van der Waals surface area contributed by atoms with Gasteiger partial charge in [-0.3, -0.25) is 14.7 Å². The molecule has 1 aromatic carbocycles. The Balaban J connectivity index is 1.56. The summed E-state index contributed by atoms with van der Waals surface area (Å²) >= 11 is 0. The second-order valence-corrected chi connectivity index (χ2v) is 12.3. The Kier molecular flexibility index (Phi) is 6.05. The van der Waals surface area contributed by atoms with Crippen molar-refractivity contribution in [2.24, 2.45) is 5.92 Å². The SMILES string of the molecule is CN(C)[C@]1(c2ccccc2)CC[C@]2(CC1)CN(CCS(C)(=O)=O)C(O)N2CC1CC1. The minimum atomic E-state index is -3.05. The summed E-state index contributed by atoms with van der Waals surface area (Å²) in [6.45, 7) is 2.09. The molecule has 6 nitrogen and oxygen atoms in total. The molecule has 4 rings (SSSR count). The van der Waals surface area contributed by atoms with Gasteiger partial charge in [0.05, 0.1) is 5.75 Å². The van der Waals surface area contributed by atoms with Gasteiger partial charge in [-0.25, -0.2) is 8.42 Å². The smallest absolute Gasteiger partial charge is 0.166 e. The predicted octanol–water partition coefficient (Wildman–Crippen LogP) is 2.10. The van der Waals surface area contributed by atoms with Gasteiger partial charge in [0, 0.05) is 37.0 Å². The first kappa shape index (κ1) is 22.2. The molecule has 3 fully saturated rings. The van der Waals surface area contributed by atoms with Crippen LogP contribution in [-0.2, 0) is 15.4 Å². The average molecular weight is 436 g/mol. The Morgan fingerprint density at radius 2 is 1.73 bits per heavy atom. The summed E-state index contributed by atoms with van der Waals surface area (Å²) in [4.78, 5) is 6.68. The van der Waals surface area contributed by atoms with Crippen molar-refractivity contribution in [1.29, 1.82) is 0 Å². The molecule has 7 heteroatoms. The molecule has 0 amide bonds. The third-order valence-electron chi connectivity index (χ3n) is 7.79. The lowest BCUT2D eigenvalue weighted by Gasteiger charge is -2.51. The zero-order valence-electron chi connectivity index (χ0n) is 18.6. The van der Waals surface area contributed by atoms with Crippen molar-refractivity contribution in [1.82, 2.24) is 14.7 Å². The molecule has 1 saturated heterocycles. The summed E-state index contributed by atoms with van der Waals surface area (Å²) in [7, 11) is 1.30. The van der Waals surface area contributed by atoms with Crippen LogP contribution >= 0.6 is 0 Å². The van der Waals surface area contributed by atoms with E-state index in [9.17, 15) is 13.5 Å². The summed E-state index contributed by atoms with van der Waals surface area (Å²) in [6, 6.07) is 10.8. The van der Waals surface area contributed by atoms with E-state index >= 15 is 0 Å². The first-order valence-corrected chi connectivity index (χ1v) is 13.3. The number of aliphatic hydroxyl groups is 1. The van der Waals surface area contributed by atoms with E-state index in [1.165, 1.54) is 24.7 Å². The second kappa shape index (κ2) is 8.17. The van der Waals surface area contributed by atoms with Crippen LogP contribution in [0.2, 0.25) is 0 Å². The zero-order chi connectivity index (χ0) is 21.6. The lowest BCUT2D eigenvalue weighted by atomic mass is 9.68. The number of aliphatic hydroxyl groups excluding tert-OH is 1. The third kappa shape index (κ3) is 4.32. The summed E-state index contributed by atoms with van der Waals surface area (Å²) in [5.41, 5.74) is 1.32. The number of rotatable bonds is 7. The van der Waals surface area contributed by atoms with Gasteiger partial charge >= 0.3 is 0 Å². The van der Waals surface area contributed by atoms with Gasteiger partial charge in [-0.1, -0.05) is 30.3 Å². The maximum Gasteiger partial charge on any atom is 0.166 e. The number of nitrogens with zero attached hydrogens (tertiary/aromatic N) is 3. The van der Waals surface area contributed by atoms with Gasteiger partial charge in [-0.05, 0) is 64.1 Å². The highest BCUT2D eigenvalue weighted by Crippen LogP contribution is 2.50. The minimum absolute atomic E-state index is 0.0168. The quantitative estimate of drug-likeness (QED) is 0.708. The van der Waals surface area contributed by atoms with Crippen LogP contribution in [-0.4, -0.2) is 85.9 Å². The number of sulfone groups is 1. The maximum atomic E-state index is 11.7. The minimum Gasteiger partial charge on any atom is -0.365 e. The van der Waals surface area contributed by atoms with Crippen LogP contribution in [0.3, 0.4) is 0 Å². The molecule has 3 aliphatic rings. The molecular formula is C23H37N3O3S. The van der Waals surface area contributed by atoms with Crippen molar-refractivity contribution in [3.63, 3.8) is 0 Å². The fourth-order valence-corrected chi connectivity index (χ4v) is 6.22. The lowest BCUT2D eigenvalue weighted by Crippen LogP contribution is -2.56.